The third kappa shape index (κ3) is 44.2. The lowest BCUT2D eigenvalue weighted by Crippen LogP contribution is -2.30. The molecule has 0 fully saturated rings. The molecule has 0 spiro atoms. The summed E-state index contributed by atoms with van der Waals surface area (Å²) in [6, 6.07) is 0. The Bertz CT molecular complexity index is 1070. The van der Waals surface area contributed by atoms with Crippen molar-refractivity contribution in [1.82, 2.24) is 0 Å². The summed E-state index contributed by atoms with van der Waals surface area (Å²) in [6.45, 7) is 6.51. The molecule has 0 aromatic carbocycles. The molecular weight excluding hydrogens is 721 g/mol. The molecule has 0 aromatic heterocycles. The molecule has 0 aliphatic rings. The summed E-state index contributed by atoms with van der Waals surface area (Å²) < 4.78 is 16.7. The van der Waals surface area contributed by atoms with E-state index in [-0.39, 0.29) is 31.1 Å². The van der Waals surface area contributed by atoms with Crippen LogP contribution < -0.4 is 0 Å². The molecule has 0 rings (SSSR count). The van der Waals surface area contributed by atoms with Crippen molar-refractivity contribution in [3.8, 4) is 0 Å². The summed E-state index contributed by atoms with van der Waals surface area (Å²) in [5.41, 5.74) is 0. The standard InChI is InChI=1S/C52H90O6/c1-4-7-10-13-16-19-21-23-24-25-26-27-29-30-33-36-39-42-45-51(54)57-48-49(47-56-50(53)44-41-38-35-32-18-15-12-9-6-3)58-52(55)46-43-40-37-34-31-28-22-20-17-14-11-8-5-2/h10,13,16,19,21,23-27,49H,4-9,11-12,14-15,17-18,20,22,28-48H2,1-3H3/b13-10-,19-16-,23-21-,25-24-,27-26-. The predicted molar refractivity (Wildman–Crippen MR) is 247 cm³/mol. The summed E-state index contributed by atoms with van der Waals surface area (Å²) in [5.74, 6) is -0.906. The van der Waals surface area contributed by atoms with Gasteiger partial charge in [0, 0.05) is 19.3 Å². The van der Waals surface area contributed by atoms with Crippen LogP contribution in [0.15, 0.2) is 60.8 Å². The molecule has 0 heterocycles. The van der Waals surface area contributed by atoms with E-state index in [2.05, 4.69) is 57.2 Å². The Kier molecular flexibility index (Phi) is 44.5. The van der Waals surface area contributed by atoms with Crippen molar-refractivity contribution in [2.75, 3.05) is 13.2 Å². The zero-order valence-corrected chi connectivity index (χ0v) is 38.0. The monoisotopic (exact) mass is 811 g/mol. The van der Waals surface area contributed by atoms with E-state index in [4.69, 9.17) is 14.2 Å². The van der Waals surface area contributed by atoms with Gasteiger partial charge in [-0.25, -0.2) is 0 Å². The van der Waals surface area contributed by atoms with Gasteiger partial charge in [-0.1, -0.05) is 236 Å². The second-order valence-corrected chi connectivity index (χ2v) is 16.2. The van der Waals surface area contributed by atoms with Crippen LogP contribution in [-0.4, -0.2) is 37.2 Å². The number of hydrogen-bond acceptors (Lipinski definition) is 6. The van der Waals surface area contributed by atoms with Gasteiger partial charge in [-0.05, 0) is 38.5 Å². The van der Waals surface area contributed by atoms with E-state index in [0.717, 1.165) is 83.5 Å². The first-order valence-corrected chi connectivity index (χ1v) is 24.4. The molecule has 0 amide bonds. The van der Waals surface area contributed by atoms with Crippen molar-refractivity contribution >= 4 is 17.9 Å². The van der Waals surface area contributed by atoms with E-state index in [1.807, 2.05) is 24.3 Å². The van der Waals surface area contributed by atoms with E-state index in [1.54, 1.807) is 0 Å². The molecule has 58 heavy (non-hydrogen) atoms. The Morgan fingerprint density at radius 2 is 0.655 bits per heavy atom. The van der Waals surface area contributed by atoms with Crippen LogP contribution in [0.1, 0.15) is 233 Å². The van der Waals surface area contributed by atoms with E-state index < -0.39 is 6.10 Å². The highest BCUT2D eigenvalue weighted by atomic mass is 16.6. The SMILES string of the molecule is CCC\C=C/C=C\C=C/C=C\C=C/CCCCCCCC(=O)OCC(COC(=O)CCCCCCCCCCC)OC(=O)CCCCCCCCCCCCCCC. The highest BCUT2D eigenvalue weighted by Crippen LogP contribution is 2.15. The normalized spacial score (nSPS) is 12.5. The van der Waals surface area contributed by atoms with Crippen LogP contribution in [0.3, 0.4) is 0 Å². The van der Waals surface area contributed by atoms with Crippen molar-refractivity contribution in [2.45, 2.75) is 239 Å². The van der Waals surface area contributed by atoms with Gasteiger partial charge in [0.25, 0.3) is 0 Å². The van der Waals surface area contributed by atoms with Gasteiger partial charge in [-0.15, -0.1) is 0 Å². The first-order valence-electron chi connectivity index (χ1n) is 24.4. The van der Waals surface area contributed by atoms with E-state index in [0.29, 0.717) is 19.3 Å². The number of hydrogen-bond donors (Lipinski definition) is 0. The maximum Gasteiger partial charge on any atom is 0.306 e. The topological polar surface area (TPSA) is 78.9 Å². The average molecular weight is 811 g/mol. The molecule has 334 valence electrons. The zero-order chi connectivity index (χ0) is 42.3. The summed E-state index contributed by atoms with van der Waals surface area (Å²) in [6.07, 6.45) is 56.2. The molecular formula is C52H90O6. The molecule has 0 saturated heterocycles. The minimum atomic E-state index is -0.779. The lowest BCUT2D eigenvalue weighted by atomic mass is 10.0. The number of rotatable bonds is 43. The summed E-state index contributed by atoms with van der Waals surface area (Å²) >= 11 is 0. The lowest BCUT2D eigenvalue weighted by molar-refractivity contribution is -0.167. The number of unbranched alkanes of at least 4 members (excludes halogenated alkanes) is 26. The highest BCUT2D eigenvalue weighted by Gasteiger charge is 2.19. The van der Waals surface area contributed by atoms with Crippen LogP contribution >= 0.6 is 0 Å². The summed E-state index contributed by atoms with van der Waals surface area (Å²) in [5, 5.41) is 0. The van der Waals surface area contributed by atoms with E-state index in [1.165, 1.54) is 109 Å². The quantitative estimate of drug-likeness (QED) is 0.0264. The molecule has 6 nitrogen and oxygen atoms in total. The molecule has 1 unspecified atom stereocenters. The van der Waals surface area contributed by atoms with Gasteiger partial charge >= 0.3 is 17.9 Å². The molecule has 0 N–H and O–H groups in total. The number of carbonyl (C=O) groups is 3. The predicted octanol–water partition coefficient (Wildman–Crippen LogP) is 15.7. The van der Waals surface area contributed by atoms with Gasteiger partial charge in [0.1, 0.15) is 13.2 Å². The highest BCUT2D eigenvalue weighted by molar-refractivity contribution is 5.71. The second-order valence-electron chi connectivity index (χ2n) is 16.2. The molecule has 0 aliphatic heterocycles. The average Bonchev–Trinajstić information content (AvgIpc) is 3.22. The van der Waals surface area contributed by atoms with Crippen LogP contribution in [0.25, 0.3) is 0 Å². The molecule has 6 heteroatoms. The zero-order valence-electron chi connectivity index (χ0n) is 38.0. The van der Waals surface area contributed by atoms with Gasteiger partial charge < -0.3 is 14.2 Å². The molecule has 0 aromatic rings. The van der Waals surface area contributed by atoms with Gasteiger partial charge in [-0.2, -0.15) is 0 Å². The van der Waals surface area contributed by atoms with Gasteiger partial charge in [-0.3, -0.25) is 14.4 Å². The first-order chi connectivity index (χ1) is 28.5. The fraction of sp³-hybridized carbons (Fsp3) is 0.750. The third-order valence-electron chi connectivity index (χ3n) is 10.4. The maximum atomic E-state index is 12.7. The van der Waals surface area contributed by atoms with Crippen LogP contribution in [0, 0.1) is 0 Å². The fourth-order valence-electron chi connectivity index (χ4n) is 6.71. The van der Waals surface area contributed by atoms with Crippen LogP contribution in [0.5, 0.6) is 0 Å². The van der Waals surface area contributed by atoms with Gasteiger partial charge in [0.2, 0.25) is 0 Å². The van der Waals surface area contributed by atoms with Gasteiger partial charge in [0.05, 0.1) is 0 Å². The van der Waals surface area contributed by atoms with Crippen molar-refractivity contribution < 1.29 is 28.6 Å². The number of esters is 3. The molecule has 0 saturated carbocycles. The van der Waals surface area contributed by atoms with Crippen molar-refractivity contribution in [2.24, 2.45) is 0 Å². The number of allylic oxidation sites excluding steroid dienone is 10. The fourth-order valence-corrected chi connectivity index (χ4v) is 6.71. The first kappa shape index (κ1) is 55.1. The van der Waals surface area contributed by atoms with Crippen molar-refractivity contribution in [3.63, 3.8) is 0 Å². The molecule has 0 bridgehead atoms. The largest absolute Gasteiger partial charge is 0.462 e. The summed E-state index contributed by atoms with van der Waals surface area (Å²) in [4.78, 5) is 37.8. The number of carbonyl (C=O) groups excluding carboxylic acids is 3. The number of ether oxygens (including phenoxy) is 3. The van der Waals surface area contributed by atoms with E-state index >= 15 is 0 Å². The Morgan fingerprint density at radius 1 is 0.345 bits per heavy atom. The Balaban J connectivity index is 4.38. The van der Waals surface area contributed by atoms with Crippen molar-refractivity contribution in [3.05, 3.63) is 60.8 Å². The Morgan fingerprint density at radius 3 is 1.03 bits per heavy atom. The van der Waals surface area contributed by atoms with Crippen molar-refractivity contribution in [1.29, 1.82) is 0 Å². The van der Waals surface area contributed by atoms with Crippen LogP contribution in [0.2, 0.25) is 0 Å². The second kappa shape index (κ2) is 46.8. The van der Waals surface area contributed by atoms with E-state index in [9.17, 15) is 14.4 Å². The lowest BCUT2D eigenvalue weighted by Gasteiger charge is -2.18. The Labute approximate surface area is 358 Å². The smallest absolute Gasteiger partial charge is 0.306 e. The van der Waals surface area contributed by atoms with Crippen LogP contribution in [-0.2, 0) is 28.6 Å². The molecule has 0 aliphatic carbocycles. The third-order valence-corrected chi connectivity index (χ3v) is 10.4. The summed E-state index contributed by atoms with van der Waals surface area (Å²) in [7, 11) is 0. The minimum Gasteiger partial charge on any atom is -0.462 e. The maximum absolute atomic E-state index is 12.7. The minimum absolute atomic E-state index is 0.0802. The molecule has 0 radical (unpaired) electrons. The van der Waals surface area contributed by atoms with Crippen LogP contribution in [0.4, 0.5) is 0 Å². The van der Waals surface area contributed by atoms with Gasteiger partial charge in [0.15, 0.2) is 6.10 Å². The molecule has 1 atom stereocenters. The Hall–Kier alpha value is -2.89.